The van der Waals surface area contributed by atoms with Crippen LogP contribution in [0.15, 0.2) is 18.2 Å². The monoisotopic (exact) mass is 234 g/mol. The molecule has 0 radical (unpaired) electrons. The van der Waals surface area contributed by atoms with Gasteiger partial charge in [-0.15, -0.1) is 0 Å². The number of aliphatic hydroxyl groups excluding tert-OH is 2. The first kappa shape index (κ1) is 13.5. The summed E-state index contributed by atoms with van der Waals surface area (Å²) in [5.74, 6) is 0. The third kappa shape index (κ3) is 3.45. The molecule has 0 atom stereocenters. The lowest BCUT2D eigenvalue weighted by Crippen LogP contribution is -2.28. The van der Waals surface area contributed by atoms with Gasteiger partial charge in [0.05, 0.1) is 24.5 Å². The molecule has 1 aromatic rings. The predicted octanol–water partition coefficient (Wildman–Crippen LogP) is 1.26. The Hall–Kier alpha value is -1.57. The molecule has 0 saturated carbocycles. The van der Waals surface area contributed by atoms with Crippen molar-refractivity contribution in [3.8, 4) is 6.07 Å². The average Bonchev–Trinajstić information content (AvgIpc) is 2.37. The molecule has 0 aliphatic carbocycles. The highest BCUT2D eigenvalue weighted by Crippen LogP contribution is 2.21. The Morgan fingerprint density at radius 1 is 1.29 bits per heavy atom. The van der Waals surface area contributed by atoms with E-state index in [1.165, 1.54) is 0 Å². The number of aliphatic hydroxyl groups is 2. The summed E-state index contributed by atoms with van der Waals surface area (Å²) < 4.78 is 0. The van der Waals surface area contributed by atoms with Gasteiger partial charge < -0.3 is 15.1 Å². The van der Waals surface area contributed by atoms with E-state index in [-0.39, 0.29) is 13.2 Å². The van der Waals surface area contributed by atoms with Gasteiger partial charge in [0.1, 0.15) is 6.07 Å². The van der Waals surface area contributed by atoms with Crippen molar-refractivity contribution < 1.29 is 10.2 Å². The van der Waals surface area contributed by atoms with Gasteiger partial charge in [-0.2, -0.15) is 5.26 Å². The highest BCUT2D eigenvalue weighted by Gasteiger charge is 2.10. The fourth-order valence-electron chi connectivity index (χ4n) is 1.79. The van der Waals surface area contributed by atoms with Gasteiger partial charge in [0.15, 0.2) is 0 Å². The normalized spacial score (nSPS) is 10.0. The summed E-state index contributed by atoms with van der Waals surface area (Å²) in [6.07, 6.45) is 0.951. The average molecular weight is 234 g/mol. The van der Waals surface area contributed by atoms with Crippen LogP contribution in [0.3, 0.4) is 0 Å². The molecule has 0 unspecified atom stereocenters. The van der Waals surface area contributed by atoms with Crippen molar-refractivity contribution in [2.45, 2.75) is 20.0 Å². The summed E-state index contributed by atoms with van der Waals surface area (Å²) >= 11 is 0. The van der Waals surface area contributed by atoms with E-state index in [4.69, 9.17) is 15.5 Å². The maximum Gasteiger partial charge on any atom is 0.101 e. The minimum absolute atomic E-state index is 0.0621. The molecule has 4 nitrogen and oxygen atoms in total. The first-order chi connectivity index (χ1) is 8.26. The van der Waals surface area contributed by atoms with Gasteiger partial charge >= 0.3 is 0 Å². The lowest BCUT2D eigenvalue weighted by molar-refractivity contribution is 0.282. The van der Waals surface area contributed by atoms with Crippen LogP contribution in [-0.4, -0.2) is 29.9 Å². The summed E-state index contributed by atoms with van der Waals surface area (Å²) in [7, 11) is 0. The molecular weight excluding hydrogens is 216 g/mol. The summed E-state index contributed by atoms with van der Waals surface area (Å²) in [5, 5.41) is 27.2. The van der Waals surface area contributed by atoms with E-state index >= 15 is 0 Å². The minimum atomic E-state index is -0.0667. The molecule has 0 aromatic heterocycles. The van der Waals surface area contributed by atoms with Gasteiger partial charge in [-0.25, -0.2) is 0 Å². The first-order valence-electron chi connectivity index (χ1n) is 5.76. The van der Waals surface area contributed by atoms with Gasteiger partial charge in [0.25, 0.3) is 0 Å². The van der Waals surface area contributed by atoms with Crippen LogP contribution in [-0.2, 0) is 6.61 Å². The Morgan fingerprint density at radius 3 is 2.59 bits per heavy atom. The summed E-state index contributed by atoms with van der Waals surface area (Å²) in [4.78, 5) is 1.99. The van der Waals surface area contributed by atoms with E-state index in [1.54, 1.807) is 12.1 Å². The lowest BCUT2D eigenvalue weighted by Gasteiger charge is -2.24. The molecule has 0 bridgehead atoms. The molecule has 1 aromatic carbocycles. The quantitative estimate of drug-likeness (QED) is 0.777. The standard InChI is InChI=1S/C13H18N2O2/c1-2-5-15(6-7-16)13-4-3-11(10-17)8-12(13)9-14/h3-4,8,16-17H,2,5-7,10H2,1H3. The van der Waals surface area contributed by atoms with Crippen LogP contribution >= 0.6 is 0 Å². The smallest absolute Gasteiger partial charge is 0.101 e. The highest BCUT2D eigenvalue weighted by atomic mass is 16.3. The predicted molar refractivity (Wildman–Crippen MR) is 66.7 cm³/mol. The van der Waals surface area contributed by atoms with Crippen LogP contribution < -0.4 is 4.90 Å². The van der Waals surface area contributed by atoms with Crippen molar-refractivity contribution in [2.24, 2.45) is 0 Å². The van der Waals surface area contributed by atoms with E-state index in [9.17, 15) is 0 Å². The number of nitriles is 1. The van der Waals surface area contributed by atoms with Gasteiger partial charge in [0.2, 0.25) is 0 Å². The molecule has 92 valence electrons. The Morgan fingerprint density at radius 2 is 2.06 bits per heavy atom. The molecule has 0 aliphatic heterocycles. The largest absolute Gasteiger partial charge is 0.395 e. The van der Waals surface area contributed by atoms with Crippen LogP contribution in [0.5, 0.6) is 0 Å². The van der Waals surface area contributed by atoms with Crippen molar-refractivity contribution in [3.05, 3.63) is 29.3 Å². The summed E-state index contributed by atoms with van der Waals surface area (Å²) in [5.41, 5.74) is 2.09. The van der Waals surface area contributed by atoms with E-state index in [0.29, 0.717) is 12.1 Å². The molecule has 2 N–H and O–H groups in total. The number of anilines is 1. The molecule has 1 rings (SSSR count). The molecule has 0 heterocycles. The zero-order valence-corrected chi connectivity index (χ0v) is 10.1. The van der Waals surface area contributed by atoms with E-state index in [0.717, 1.165) is 24.2 Å². The van der Waals surface area contributed by atoms with Gasteiger partial charge in [0, 0.05) is 13.1 Å². The highest BCUT2D eigenvalue weighted by molar-refractivity contribution is 5.60. The van der Waals surface area contributed by atoms with E-state index in [2.05, 4.69) is 13.0 Å². The third-order valence-corrected chi connectivity index (χ3v) is 2.57. The fraction of sp³-hybridized carbons (Fsp3) is 0.462. The van der Waals surface area contributed by atoms with Crippen LogP contribution in [0.1, 0.15) is 24.5 Å². The molecule has 4 heteroatoms. The summed E-state index contributed by atoms with van der Waals surface area (Å²) in [6, 6.07) is 7.45. The topological polar surface area (TPSA) is 67.5 Å². The molecular formula is C13H18N2O2. The number of hydrogen-bond acceptors (Lipinski definition) is 4. The van der Waals surface area contributed by atoms with Crippen LogP contribution in [0.25, 0.3) is 0 Å². The maximum absolute atomic E-state index is 9.10. The zero-order chi connectivity index (χ0) is 12.7. The van der Waals surface area contributed by atoms with Crippen molar-refractivity contribution in [3.63, 3.8) is 0 Å². The second kappa shape index (κ2) is 6.89. The Balaban J connectivity index is 3.05. The Bertz CT molecular complexity index is 393. The molecule has 0 aliphatic rings. The SMILES string of the molecule is CCCN(CCO)c1ccc(CO)cc1C#N. The number of benzene rings is 1. The van der Waals surface area contributed by atoms with E-state index < -0.39 is 0 Å². The second-order valence-electron chi connectivity index (χ2n) is 3.83. The zero-order valence-electron chi connectivity index (χ0n) is 10.1. The molecule has 0 amide bonds. The van der Waals surface area contributed by atoms with Gasteiger partial charge in [-0.1, -0.05) is 13.0 Å². The molecule has 0 saturated heterocycles. The third-order valence-electron chi connectivity index (χ3n) is 2.57. The van der Waals surface area contributed by atoms with Crippen LogP contribution in [0.4, 0.5) is 5.69 Å². The fourth-order valence-corrected chi connectivity index (χ4v) is 1.79. The van der Waals surface area contributed by atoms with Crippen LogP contribution in [0, 0.1) is 11.3 Å². The minimum Gasteiger partial charge on any atom is -0.395 e. The van der Waals surface area contributed by atoms with Gasteiger partial charge in [-0.3, -0.25) is 0 Å². The number of nitrogens with zero attached hydrogens (tertiary/aromatic N) is 2. The van der Waals surface area contributed by atoms with Crippen LogP contribution in [0.2, 0.25) is 0 Å². The summed E-state index contributed by atoms with van der Waals surface area (Å²) in [6.45, 7) is 3.36. The second-order valence-corrected chi connectivity index (χ2v) is 3.83. The molecule has 17 heavy (non-hydrogen) atoms. The van der Waals surface area contributed by atoms with E-state index in [1.807, 2.05) is 11.0 Å². The Kier molecular flexibility index (Phi) is 5.47. The molecule has 0 fully saturated rings. The molecule has 0 spiro atoms. The van der Waals surface area contributed by atoms with Crippen molar-refractivity contribution >= 4 is 5.69 Å². The van der Waals surface area contributed by atoms with Crippen molar-refractivity contribution in [2.75, 3.05) is 24.6 Å². The number of hydrogen-bond donors (Lipinski definition) is 2. The lowest BCUT2D eigenvalue weighted by atomic mass is 10.1. The number of rotatable bonds is 6. The Labute approximate surface area is 102 Å². The maximum atomic E-state index is 9.10. The van der Waals surface area contributed by atoms with Gasteiger partial charge in [-0.05, 0) is 24.1 Å². The first-order valence-corrected chi connectivity index (χ1v) is 5.76. The van der Waals surface area contributed by atoms with Crippen molar-refractivity contribution in [1.29, 1.82) is 5.26 Å². The van der Waals surface area contributed by atoms with Crippen molar-refractivity contribution in [1.82, 2.24) is 0 Å².